The zero-order valence-electron chi connectivity index (χ0n) is 4.00. The smallest absolute Gasteiger partial charge is 0.0559 e. The second kappa shape index (κ2) is 1.64. The van der Waals surface area contributed by atoms with Crippen molar-refractivity contribution in [3.8, 4) is 0 Å². The van der Waals surface area contributed by atoms with Gasteiger partial charge in [0, 0.05) is 0 Å². The van der Waals surface area contributed by atoms with Crippen LogP contribution in [0.1, 0.15) is 5.56 Å². The first kappa shape index (κ1) is 4.18. The maximum atomic E-state index is 3.52. The number of nitrogens with zero attached hydrogens (tertiary/aromatic N) is 3. The molecule has 0 N–H and O–H groups in total. The largest absolute Gasteiger partial charge is 0.138 e. The van der Waals surface area contributed by atoms with E-state index in [1.807, 2.05) is 6.92 Å². The number of aromatic nitrogens is 3. The van der Waals surface area contributed by atoms with Crippen molar-refractivity contribution in [2.24, 2.45) is 0 Å². The van der Waals surface area contributed by atoms with Gasteiger partial charge in [0.2, 0.25) is 0 Å². The van der Waals surface area contributed by atoms with Crippen molar-refractivity contribution in [3.05, 3.63) is 18.0 Å². The normalized spacial score (nSPS) is 8.71. The predicted molar refractivity (Wildman–Crippen MR) is 24.6 cm³/mol. The summed E-state index contributed by atoms with van der Waals surface area (Å²) in [6.07, 6.45) is 3.32. The molecule has 0 aliphatic carbocycles. The second-order valence-corrected chi connectivity index (χ2v) is 1.32. The standard InChI is InChI=1S/C4H5N3/c1-4-2-5-7-6-3-4/h2-3H,1H3. The van der Waals surface area contributed by atoms with Gasteiger partial charge in [0.15, 0.2) is 0 Å². The Labute approximate surface area is 41.4 Å². The summed E-state index contributed by atoms with van der Waals surface area (Å²) >= 11 is 0. The van der Waals surface area contributed by atoms with Gasteiger partial charge < -0.3 is 0 Å². The molecule has 0 saturated carbocycles. The highest BCUT2D eigenvalue weighted by Crippen LogP contribution is 1.82. The monoisotopic (exact) mass is 95.0 g/mol. The highest BCUT2D eigenvalue weighted by atomic mass is 15.3. The molecule has 0 radical (unpaired) electrons. The third-order valence-corrected chi connectivity index (χ3v) is 0.626. The van der Waals surface area contributed by atoms with Crippen molar-refractivity contribution in [2.45, 2.75) is 6.92 Å². The molecule has 0 unspecified atom stereocenters. The summed E-state index contributed by atoms with van der Waals surface area (Å²) in [6, 6.07) is 0. The van der Waals surface area contributed by atoms with Crippen LogP contribution in [0.15, 0.2) is 12.4 Å². The van der Waals surface area contributed by atoms with Crippen molar-refractivity contribution < 1.29 is 0 Å². The summed E-state index contributed by atoms with van der Waals surface area (Å²) in [6.45, 7) is 1.92. The van der Waals surface area contributed by atoms with Gasteiger partial charge >= 0.3 is 0 Å². The summed E-state index contributed by atoms with van der Waals surface area (Å²) in [5.74, 6) is 0. The van der Waals surface area contributed by atoms with E-state index in [0.29, 0.717) is 0 Å². The summed E-state index contributed by atoms with van der Waals surface area (Å²) in [7, 11) is 0. The van der Waals surface area contributed by atoms with Crippen LogP contribution in [0.25, 0.3) is 0 Å². The molecule has 3 nitrogen and oxygen atoms in total. The molecule has 1 aromatic heterocycles. The van der Waals surface area contributed by atoms with Gasteiger partial charge in [-0.2, -0.15) is 0 Å². The minimum Gasteiger partial charge on any atom is -0.138 e. The van der Waals surface area contributed by atoms with Crippen LogP contribution in [0.2, 0.25) is 0 Å². The molecule has 0 saturated heterocycles. The van der Waals surface area contributed by atoms with Gasteiger partial charge in [-0.15, -0.1) is 10.2 Å². The van der Waals surface area contributed by atoms with Crippen molar-refractivity contribution in [3.63, 3.8) is 0 Å². The first-order valence-electron chi connectivity index (χ1n) is 1.99. The molecule has 1 heterocycles. The molecule has 3 heteroatoms. The average Bonchev–Trinajstić information content (AvgIpc) is 1.69. The van der Waals surface area contributed by atoms with E-state index in [0.717, 1.165) is 5.56 Å². The van der Waals surface area contributed by atoms with E-state index in [4.69, 9.17) is 0 Å². The van der Waals surface area contributed by atoms with Crippen LogP contribution in [0.5, 0.6) is 0 Å². The highest BCUT2D eigenvalue weighted by molar-refractivity contribution is 4.94. The van der Waals surface area contributed by atoms with E-state index < -0.39 is 0 Å². The molecular formula is C4H5N3. The van der Waals surface area contributed by atoms with Gasteiger partial charge in [0.05, 0.1) is 12.4 Å². The van der Waals surface area contributed by atoms with Crippen LogP contribution in [0.4, 0.5) is 0 Å². The summed E-state index contributed by atoms with van der Waals surface area (Å²) in [5, 5.41) is 10.4. The maximum absolute atomic E-state index is 3.52. The van der Waals surface area contributed by atoms with Crippen LogP contribution in [-0.2, 0) is 0 Å². The number of aryl methyl sites for hydroxylation is 1. The van der Waals surface area contributed by atoms with E-state index in [-0.39, 0.29) is 0 Å². The Morgan fingerprint density at radius 3 is 2.14 bits per heavy atom. The highest BCUT2D eigenvalue weighted by Gasteiger charge is 1.75. The molecule has 0 aliphatic heterocycles. The topological polar surface area (TPSA) is 38.7 Å². The molecular weight excluding hydrogens is 90.1 g/mol. The lowest BCUT2D eigenvalue weighted by molar-refractivity contribution is 0.853. The van der Waals surface area contributed by atoms with E-state index in [9.17, 15) is 0 Å². The molecule has 0 atom stereocenters. The third-order valence-electron chi connectivity index (χ3n) is 0.626. The lowest BCUT2D eigenvalue weighted by Gasteiger charge is -1.79. The Morgan fingerprint density at radius 2 is 1.86 bits per heavy atom. The van der Waals surface area contributed by atoms with Crippen molar-refractivity contribution >= 4 is 0 Å². The zero-order valence-corrected chi connectivity index (χ0v) is 4.00. The molecule has 36 valence electrons. The second-order valence-electron chi connectivity index (χ2n) is 1.32. The quantitative estimate of drug-likeness (QED) is 0.461. The fourth-order valence-corrected chi connectivity index (χ4v) is 0.297. The van der Waals surface area contributed by atoms with E-state index in [1.54, 1.807) is 12.4 Å². The Bertz CT molecular complexity index is 137. The summed E-state index contributed by atoms with van der Waals surface area (Å²) in [4.78, 5) is 0. The first-order chi connectivity index (χ1) is 3.39. The summed E-state index contributed by atoms with van der Waals surface area (Å²) < 4.78 is 0. The molecule has 1 aromatic rings. The van der Waals surface area contributed by atoms with E-state index in [1.165, 1.54) is 0 Å². The van der Waals surface area contributed by atoms with E-state index in [2.05, 4.69) is 15.4 Å². The van der Waals surface area contributed by atoms with Gasteiger partial charge in [-0.25, -0.2) is 0 Å². The fraction of sp³-hybridized carbons (Fsp3) is 0.250. The van der Waals surface area contributed by atoms with Crippen LogP contribution >= 0.6 is 0 Å². The predicted octanol–water partition coefficient (Wildman–Crippen LogP) is 0.180. The summed E-state index contributed by atoms with van der Waals surface area (Å²) in [5.41, 5.74) is 1.04. The third kappa shape index (κ3) is 0.924. The lowest BCUT2D eigenvalue weighted by Crippen LogP contribution is -1.83. The average molecular weight is 95.1 g/mol. The van der Waals surface area contributed by atoms with Crippen LogP contribution in [-0.4, -0.2) is 15.4 Å². The molecule has 1 rings (SSSR count). The van der Waals surface area contributed by atoms with Gasteiger partial charge in [0.1, 0.15) is 0 Å². The van der Waals surface area contributed by atoms with Crippen LogP contribution < -0.4 is 0 Å². The molecule has 0 amide bonds. The van der Waals surface area contributed by atoms with Gasteiger partial charge in [-0.3, -0.25) is 0 Å². The van der Waals surface area contributed by atoms with Gasteiger partial charge in [-0.05, 0) is 17.7 Å². The molecule has 0 aromatic carbocycles. The van der Waals surface area contributed by atoms with E-state index >= 15 is 0 Å². The number of hydrogen-bond acceptors (Lipinski definition) is 3. The van der Waals surface area contributed by atoms with Crippen molar-refractivity contribution in [2.75, 3.05) is 0 Å². The Balaban J connectivity index is 3.02. The van der Waals surface area contributed by atoms with Gasteiger partial charge in [-0.1, -0.05) is 0 Å². The molecule has 0 spiro atoms. The minimum atomic E-state index is 1.04. The minimum absolute atomic E-state index is 1.04. The fourth-order valence-electron chi connectivity index (χ4n) is 0.297. The number of rotatable bonds is 0. The number of hydrogen-bond donors (Lipinski definition) is 0. The Kier molecular flexibility index (Phi) is 0.978. The van der Waals surface area contributed by atoms with Crippen LogP contribution in [0.3, 0.4) is 0 Å². The van der Waals surface area contributed by atoms with Crippen molar-refractivity contribution in [1.82, 2.24) is 15.4 Å². The van der Waals surface area contributed by atoms with Crippen molar-refractivity contribution in [1.29, 1.82) is 0 Å². The Morgan fingerprint density at radius 1 is 1.29 bits per heavy atom. The Hall–Kier alpha value is -0.990. The van der Waals surface area contributed by atoms with Gasteiger partial charge in [0.25, 0.3) is 0 Å². The molecule has 7 heavy (non-hydrogen) atoms. The molecule has 0 aliphatic rings. The lowest BCUT2D eigenvalue weighted by atomic mass is 10.4. The SMILES string of the molecule is Cc1cnnnc1. The molecule has 0 fully saturated rings. The zero-order chi connectivity index (χ0) is 5.11. The van der Waals surface area contributed by atoms with Crippen LogP contribution in [0, 0.1) is 6.92 Å². The maximum Gasteiger partial charge on any atom is 0.0559 e. The molecule has 0 bridgehead atoms. The first-order valence-corrected chi connectivity index (χ1v) is 1.99.